The Balaban J connectivity index is 3.14. The third-order valence-corrected chi connectivity index (χ3v) is 2.55. The standard InChI is InChI=1S/C12H15F3O2/c1-3-9-10(8(2)7-16)5-4-6-11(9)17-12(13,14)15/h4-6,8,16H,3,7H2,1-2H3. The van der Waals surface area contributed by atoms with Gasteiger partial charge in [0.2, 0.25) is 0 Å². The van der Waals surface area contributed by atoms with Crippen molar-refractivity contribution in [3.63, 3.8) is 0 Å². The van der Waals surface area contributed by atoms with Crippen molar-refractivity contribution in [3.05, 3.63) is 29.3 Å². The lowest BCUT2D eigenvalue weighted by molar-refractivity contribution is -0.274. The van der Waals surface area contributed by atoms with Crippen molar-refractivity contribution >= 4 is 0 Å². The fourth-order valence-electron chi connectivity index (χ4n) is 1.74. The van der Waals surface area contributed by atoms with Crippen molar-refractivity contribution < 1.29 is 23.0 Å². The monoisotopic (exact) mass is 248 g/mol. The predicted molar refractivity (Wildman–Crippen MR) is 58.0 cm³/mol. The van der Waals surface area contributed by atoms with Gasteiger partial charge in [-0.05, 0) is 23.6 Å². The molecule has 0 amide bonds. The maximum Gasteiger partial charge on any atom is 0.573 e. The highest BCUT2D eigenvalue weighted by atomic mass is 19.4. The van der Waals surface area contributed by atoms with E-state index in [1.165, 1.54) is 12.1 Å². The Hall–Kier alpha value is -1.23. The number of hydrogen-bond acceptors (Lipinski definition) is 2. The zero-order chi connectivity index (χ0) is 13.1. The van der Waals surface area contributed by atoms with E-state index in [1.807, 2.05) is 0 Å². The lowest BCUT2D eigenvalue weighted by atomic mass is 9.94. The van der Waals surface area contributed by atoms with Gasteiger partial charge in [-0.15, -0.1) is 13.2 Å². The number of aliphatic hydroxyl groups excluding tert-OH is 1. The maximum atomic E-state index is 12.2. The summed E-state index contributed by atoms with van der Waals surface area (Å²) in [7, 11) is 0. The van der Waals surface area contributed by atoms with E-state index in [0.29, 0.717) is 17.5 Å². The molecule has 96 valence electrons. The van der Waals surface area contributed by atoms with Gasteiger partial charge in [0.05, 0.1) is 0 Å². The summed E-state index contributed by atoms with van der Waals surface area (Å²) in [6, 6.07) is 4.50. The first-order chi connectivity index (χ1) is 7.89. The molecule has 1 aromatic carbocycles. The number of rotatable bonds is 4. The van der Waals surface area contributed by atoms with Crippen LogP contribution in [0.25, 0.3) is 0 Å². The Morgan fingerprint density at radius 2 is 2.00 bits per heavy atom. The lowest BCUT2D eigenvalue weighted by Crippen LogP contribution is -2.19. The molecule has 1 rings (SSSR count). The molecule has 0 aliphatic carbocycles. The van der Waals surface area contributed by atoms with Crippen molar-refractivity contribution in [2.75, 3.05) is 6.61 Å². The van der Waals surface area contributed by atoms with Gasteiger partial charge in [0, 0.05) is 12.5 Å². The quantitative estimate of drug-likeness (QED) is 0.886. The van der Waals surface area contributed by atoms with Crippen molar-refractivity contribution in [2.45, 2.75) is 32.5 Å². The van der Waals surface area contributed by atoms with Gasteiger partial charge in [0.25, 0.3) is 0 Å². The van der Waals surface area contributed by atoms with Gasteiger partial charge in [-0.2, -0.15) is 0 Å². The Morgan fingerprint density at radius 3 is 2.47 bits per heavy atom. The maximum absolute atomic E-state index is 12.2. The van der Waals surface area contributed by atoms with E-state index in [-0.39, 0.29) is 18.3 Å². The molecule has 1 atom stereocenters. The van der Waals surface area contributed by atoms with E-state index in [2.05, 4.69) is 4.74 Å². The number of benzene rings is 1. The molecule has 1 N–H and O–H groups in total. The normalized spacial score (nSPS) is 13.5. The van der Waals surface area contributed by atoms with Crippen LogP contribution in [0.5, 0.6) is 5.75 Å². The minimum atomic E-state index is -4.69. The molecular formula is C12H15F3O2. The van der Waals surface area contributed by atoms with Crippen molar-refractivity contribution in [2.24, 2.45) is 0 Å². The van der Waals surface area contributed by atoms with Crippen LogP contribution in [0.3, 0.4) is 0 Å². The molecule has 2 nitrogen and oxygen atoms in total. The molecule has 0 aliphatic rings. The third kappa shape index (κ3) is 3.63. The topological polar surface area (TPSA) is 29.5 Å². The molecule has 17 heavy (non-hydrogen) atoms. The molecule has 1 unspecified atom stereocenters. The van der Waals surface area contributed by atoms with Gasteiger partial charge in [-0.3, -0.25) is 0 Å². The lowest BCUT2D eigenvalue weighted by Gasteiger charge is -2.18. The highest BCUT2D eigenvalue weighted by Crippen LogP contribution is 2.32. The molecule has 0 heterocycles. The summed E-state index contributed by atoms with van der Waals surface area (Å²) < 4.78 is 40.6. The molecule has 0 aromatic heterocycles. The Morgan fingerprint density at radius 1 is 1.35 bits per heavy atom. The fraction of sp³-hybridized carbons (Fsp3) is 0.500. The van der Waals surface area contributed by atoms with Crippen LogP contribution >= 0.6 is 0 Å². The predicted octanol–water partition coefficient (Wildman–Crippen LogP) is 3.24. The zero-order valence-electron chi connectivity index (χ0n) is 9.71. The van der Waals surface area contributed by atoms with Gasteiger partial charge >= 0.3 is 6.36 Å². The summed E-state index contributed by atoms with van der Waals surface area (Å²) in [4.78, 5) is 0. The average molecular weight is 248 g/mol. The Bertz CT molecular complexity index is 375. The molecule has 0 spiro atoms. The number of halogens is 3. The largest absolute Gasteiger partial charge is 0.573 e. The Kier molecular flexibility index (Phi) is 4.40. The van der Waals surface area contributed by atoms with E-state index in [1.54, 1.807) is 19.9 Å². The summed E-state index contributed by atoms with van der Waals surface area (Å²) in [6.45, 7) is 3.40. The number of hydrogen-bond donors (Lipinski definition) is 1. The van der Waals surface area contributed by atoms with Gasteiger partial charge in [0.1, 0.15) is 5.75 Å². The molecule has 1 aromatic rings. The second-order valence-corrected chi connectivity index (χ2v) is 3.81. The molecule has 0 aliphatic heterocycles. The first kappa shape index (κ1) is 13.8. The summed E-state index contributed by atoms with van der Waals surface area (Å²) in [6.07, 6.45) is -4.27. The first-order valence-corrected chi connectivity index (χ1v) is 5.37. The van der Waals surface area contributed by atoms with E-state index < -0.39 is 6.36 Å². The van der Waals surface area contributed by atoms with Gasteiger partial charge in [0.15, 0.2) is 0 Å². The van der Waals surface area contributed by atoms with Gasteiger partial charge < -0.3 is 9.84 Å². The van der Waals surface area contributed by atoms with Crippen molar-refractivity contribution in [1.82, 2.24) is 0 Å². The average Bonchev–Trinajstić information content (AvgIpc) is 2.25. The van der Waals surface area contributed by atoms with Gasteiger partial charge in [-0.25, -0.2) is 0 Å². The van der Waals surface area contributed by atoms with Crippen LogP contribution in [-0.4, -0.2) is 18.1 Å². The van der Waals surface area contributed by atoms with E-state index in [0.717, 1.165) is 0 Å². The highest BCUT2D eigenvalue weighted by molar-refractivity contribution is 5.42. The van der Waals surface area contributed by atoms with Crippen molar-refractivity contribution in [1.29, 1.82) is 0 Å². The van der Waals surface area contributed by atoms with E-state index in [9.17, 15) is 13.2 Å². The molecule has 0 saturated carbocycles. The van der Waals surface area contributed by atoms with Crippen LogP contribution in [0.4, 0.5) is 13.2 Å². The minimum Gasteiger partial charge on any atom is -0.405 e. The first-order valence-electron chi connectivity index (χ1n) is 5.37. The van der Waals surface area contributed by atoms with Crippen LogP contribution in [0.2, 0.25) is 0 Å². The van der Waals surface area contributed by atoms with Crippen LogP contribution < -0.4 is 4.74 Å². The van der Waals surface area contributed by atoms with E-state index >= 15 is 0 Å². The van der Waals surface area contributed by atoms with Crippen LogP contribution in [-0.2, 0) is 6.42 Å². The SMILES string of the molecule is CCc1c(OC(F)(F)F)cccc1C(C)CO. The molecular weight excluding hydrogens is 233 g/mol. The smallest absolute Gasteiger partial charge is 0.405 e. The van der Waals surface area contributed by atoms with E-state index in [4.69, 9.17) is 5.11 Å². The molecule has 0 saturated heterocycles. The molecule has 0 fully saturated rings. The minimum absolute atomic E-state index is 0.109. The van der Waals surface area contributed by atoms with Gasteiger partial charge in [-0.1, -0.05) is 26.0 Å². The summed E-state index contributed by atoms with van der Waals surface area (Å²) in [5.41, 5.74) is 1.18. The molecule has 0 radical (unpaired) electrons. The molecule has 0 bridgehead atoms. The number of ether oxygens (including phenoxy) is 1. The highest BCUT2D eigenvalue weighted by Gasteiger charge is 2.32. The van der Waals surface area contributed by atoms with Crippen LogP contribution in [0.15, 0.2) is 18.2 Å². The molecule has 5 heteroatoms. The van der Waals surface area contributed by atoms with Crippen LogP contribution in [0.1, 0.15) is 30.9 Å². The third-order valence-electron chi connectivity index (χ3n) is 2.55. The summed E-state index contributed by atoms with van der Waals surface area (Å²) >= 11 is 0. The number of alkyl halides is 3. The van der Waals surface area contributed by atoms with Crippen LogP contribution in [0, 0.1) is 0 Å². The fourth-order valence-corrected chi connectivity index (χ4v) is 1.74. The Labute approximate surface area is 98.0 Å². The zero-order valence-corrected chi connectivity index (χ0v) is 9.71. The summed E-state index contributed by atoms with van der Waals surface area (Å²) in [5.74, 6) is -0.389. The summed E-state index contributed by atoms with van der Waals surface area (Å²) in [5, 5.41) is 9.07. The van der Waals surface area contributed by atoms with Crippen molar-refractivity contribution in [3.8, 4) is 5.75 Å². The second kappa shape index (κ2) is 5.40. The number of aliphatic hydroxyl groups is 1. The second-order valence-electron chi connectivity index (χ2n) is 3.81.